The predicted octanol–water partition coefficient (Wildman–Crippen LogP) is 2.63. The number of hydrogen-bond acceptors (Lipinski definition) is 3. The van der Waals surface area contributed by atoms with Crippen LogP contribution in [0.4, 0.5) is 11.4 Å². The summed E-state index contributed by atoms with van der Waals surface area (Å²) < 4.78 is 0. The van der Waals surface area contributed by atoms with Crippen LogP contribution in [0.25, 0.3) is 0 Å². The van der Waals surface area contributed by atoms with Crippen LogP contribution in [0.5, 0.6) is 0 Å². The molecule has 0 spiro atoms. The normalized spacial score (nSPS) is 10.3. The number of carbonyl (C=O) groups is 1. The minimum atomic E-state index is -0.138. The van der Waals surface area contributed by atoms with E-state index >= 15 is 0 Å². The molecule has 5 nitrogen and oxygen atoms in total. The van der Waals surface area contributed by atoms with E-state index in [2.05, 4.69) is 20.8 Å². The summed E-state index contributed by atoms with van der Waals surface area (Å²) >= 11 is 0. The summed E-state index contributed by atoms with van der Waals surface area (Å²) in [4.78, 5) is 12.4. The maximum atomic E-state index is 12.4. The van der Waals surface area contributed by atoms with Crippen molar-refractivity contribution >= 4 is 17.3 Å². The molecule has 0 bridgehead atoms. The van der Waals surface area contributed by atoms with Crippen LogP contribution in [-0.2, 0) is 0 Å². The van der Waals surface area contributed by atoms with Gasteiger partial charge >= 0.3 is 0 Å². The van der Waals surface area contributed by atoms with E-state index in [4.69, 9.17) is 0 Å². The molecule has 100 valence electrons. The fourth-order valence-corrected chi connectivity index (χ4v) is 1.98. The lowest BCUT2D eigenvalue weighted by Crippen LogP contribution is -2.15. The Labute approximate surface area is 112 Å². The fraction of sp³-hybridized carbons (Fsp3) is 0.286. The molecule has 1 amide bonds. The van der Waals surface area contributed by atoms with Gasteiger partial charge in [-0.15, -0.1) is 0 Å². The predicted molar refractivity (Wildman–Crippen MR) is 76.7 cm³/mol. The number of carbonyl (C=O) groups excluding carboxylic acids is 1. The highest BCUT2D eigenvalue weighted by Gasteiger charge is 2.14. The van der Waals surface area contributed by atoms with Gasteiger partial charge in [0.05, 0.1) is 22.6 Å². The van der Waals surface area contributed by atoms with Crippen molar-refractivity contribution in [3.8, 4) is 0 Å². The molecule has 0 saturated heterocycles. The Bertz CT molecular complexity index is 596. The zero-order valence-electron chi connectivity index (χ0n) is 11.6. The van der Waals surface area contributed by atoms with E-state index < -0.39 is 0 Å². The first-order chi connectivity index (χ1) is 9.02. The van der Waals surface area contributed by atoms with Gasteiger partial charge in [0.15, 0.2) is 0 Å². The SMILES string of the molecule is CNc1ccc(C)cc1C(=O)Nc1c(C)n[nH]c1C. The third-order valence-electron chi connectivity index (χ3n) is 3.06. The first-order valence-corrected chi connectivity index (χ1v) is 6.14. The summed E-state index contributed by atoms with van der Waals surface area (Å²) in [5.41, 5.74) is 4.86. The maximum absolute atomic E-state index is 12.4. The number of H-pyrrole nitrogens is 1. The lowest BCUT2D eigenvalue weighted by Gasteiger charge is -2.11. The molecule has 0 aliphatic carbocycles. The molecule has 3 N–H and O–H groups in total. The fourth-order valence-electron chi connectivity index (χ4n) is 1.98. The molecule has 0 saturated carbocycles. The molecule has 1 aromatic heterocycles. The molecule has 5 heteroatoms. The Morgan fingerprint density at radius 2 is 2.00 bits per heavy atom. The second kappa shape index (κ2) is 5.14. The first kappa shape index (κ1) is 13.1. The summed E-state index contributed by atoms with van der Waals surface area (Å²) in [7, 11) is 1.80. The first-order valence-electron chi connectivity index (χ1n) is 6.14. The molecule has 2 aromatic rings. The standard InChI is InChI=1S/C14H18N4O/c1-8-5-6-12(15-4)11(7-8)14(19)16-13-9(2)17-18-10(13)3/h5-7,15H,1-4H3,(H,16,19)(H,17,18). The highest BCUT2D eigenvalue weighted by molar-refractivity contribution is 6.08. The van der Waals surface area contributed by atoms with E-state index in [1.165, 1.54) is 0 Å². The van der Waals surface area contributed by atoms with Crippen molar-refractivity contribution in [2.45, 2.75) is 20.8 Å². The van der Waals surface area contributed by atoms with E-state index in [0.717, 1.165) is 28.3 Å². The highest BCUT2D eigenvalue weighted by Crippen LogP contribution is 2.21. The number of anilines is 2. The van der Waals surface area contributed by atoms with Crippen LogP contribution in [0.1, 0.15) is 27.3 Å². The average molecular weight is 258 g/mol. The number of aromatic amines is 1. The number of nitrogens with one attached hydrogen (secondary N) is 3. The van der Waals surface area contributed by atoms with E-state index in [1.54, 1.807) is 7.05 Å². The van der Waals surface area contributed by atoms with Crippen molar-refractivity contribution in [3.05, 3.63) is 40.7 Å². The van der Waals surface area contributed by atoms with Gasteiger partial charge in [-0.3, -0.25) is 9.89 Å². The summed E-state index contributed by atoms with van der Waals surface area (Å²) in [6, 6.07) is 5.74. The van der Waals surface area contributed by atoms with Crippen LogP contribution in [0.2, 0.25) is 0 Å². The second-order valence-electron chi connectivity index (χ2n) is 4.56. The van der Waals surface area contributed by atoms with E-state index in [9.17, 15) is 4.79 Å². The molecule has 0 atom stereocenters. The van der Waals surface area contributed by atoms with Gasteiger partial charge in [-0.05, 0) is 32.9 Å². The van der Waals surface area contributed by atoms with Crippen LogP contribution in [0.15, 0.2) is 18.2 Å². The molecule has 1 aromatic carbocycles. The van der Waals surface area contributed by atoms with Crippen molar-refractivity contribution < 1.29 is 4.79 Å². The third kappa shape index (κ3) is 2.59. The van der Waals surface area contributed by atoms with E-state index in [1.807, 2.05) is 39.0 Å². The van der Waals surface area contributed by atoms with Crippen molar-refractivity contribution in [2.75, 3.05) is 17.7 Å². The van der Waals surface area contributed by atoms with Crippen molar-refractivity contribution in [1.82, 2.24) is 10.2 Å². The third-order valence-corrected chi connectivity index (χ3v) is 3.06. The molecule has 0 unspecified atom stereocenters. The Hall–Kier alpha value is -2.30. The minimum Gasteiger partial charge on any atom is -0.387 e. The molecular weight excluding hydrogens is 240 g/mol. The van der Waals surface area contributed by atoms with Crippen LogP contribution in [0.3, 0.4) is 0 Å². The second-order valence-corrected chi connectivity index (χ2v) is 4.56. The average Bonchev–Trinajstić information content (AvgIpc) is 2.70. The maximum Gasteiger partial charge on any atom is 0.257 e. The van der Waals surface area contributed by atoms with Gasteiger partial charge in [-0.1, -0.05) is 11.6 Å². The number of aryl methyl sites for hydroxylation is 3. The number of rotatable bonds is 3. The van der Waals surface area contributed by atoms with E-state index in [0.29, 0.717) is 5.56 Å². The van der Waals surface area contributed by atoms with Gasteiger partial charge in [-0.25, -0.2) is 0 Å². The number of aromatic nitrogens is 2. The van der Waals surface area contributed by atoms with Gasteiger partial charge in [0.25, 0.3) is 5.91 Å². The molecular formula is C14H18N4O. The Morgan fingerprint density at radius 1 is 1.26 bits per heavy atom. The summed E-state index contributed by atoms with van der Waals surface area (Å²) in [6.07, 6.45) is 0. The number of nitrogens with zero attached hydrogens (tertiary/aromatic N) is 1. The smallest absolute Gasteiger partial charge is 0.257 e. The van der Waals surface area contributed by atoms with Crippen molar-refractivity contribution in [3.63, 3.8) is 0 Å². The van der Waals surface area contributed by atoms with Crippen LogP contribution in [0, 0.1) is 20.8 Å². The van der Waals surface area contributed by atoms with Gasteiger partial charge < -0.3 is 10.6 Å². The van der Waals surface area contributed by atoms with Gasteiger partial charge in [0.1, 0.15) is 0 Å². The Balaban J connectivity index is 2.32. The topological polar surface area (TPSA) is 69.8 Å². The largest absolute Gasteiger partial charge is 0.387 e. The van der Waals surface area contributed by atoms with Crippen LogP contribution >= 0.6 is 0 Å². The zero-order valence-corrected chi connectivity index (χ0v) is 11.6. The van der Waals surface area contributed by atoms with E-state index in [-0.39, 0.29) is 5.91 Å². The minimum absolute atomic E-state index is 0.138. The Kier molecular flexibility index (Phi) is 3.55. The lowest BCUT2D eigenvalue weighted by atomic mass is 10.1. The lowest BCUT2D eigenvalue weighted by molar-refractivity contribution is 0.102. The molecule has 2 rings (SSSR count). The quantitative estimate of drug-likeness (QED) is 0.792. The molecule has 0 radical (unpaired) electrons. The monoisotopic (exact) mass is 258 g/mol. The molecule has 19 heavy (non-hydrogen) atoms. The van der Waals surface area contributed by atoms with Gasteiger partial charge in [0, 0.05) is 12.7 Å². The molecule has 1 heterocycles. The molecule has 0 fully saturated rings. The number of benzene rings is 1. The summed E-state index contributed by atoms with van der Waals surface area (Å²) in [6.45, 7) is 5.70. The Morgan fingerprint density at radius 3 is 2.58 bits per heavy atom. The van der Waals surface area contributed by atoms with Crippen LogP contribution in [-0.4, -0.2) is 23.2 Å². The van der Waals surface area contributed by atoms with Crippen LogP contribution < -0.4 is 10.6 Å². The number of hydrogen-bond donors (Lipinski definition) is 3. The highest BCUT2D eigenvalue weighted by atomic mass is 16.1. The molecule has 0 aliphatic rings. The molecule has 0 aliphatic heterocycles. The summed E-state index contributed by atoms with van der Waals surface area (Å²) in [5, 5.41) is 12.9. The summed E-state index contributed by atoms with van der Waals surface area (Å²) in [5.74, 6) is -0.138. The van der Waals surface area contributed by atoms with Gasteiger partial charge in [0.2, 0.25) is 0 Å². The van der Waals surface area contributed by atoms with Gasteiger partial charge in [-0.2, -0.15) is 5.10 Å². The van der Waals surface area contributed by atoms with Crippen molar-refractivity contribution in [1.29, 1.82) is 0 Å². The van der Waals surface area contributed by atoms with Crippen molar-refractivity contribution in [2.24, 2.45) is 0 Å². The number of amides is 1. The zero-order chi connectivity index (χ0) is 14.0.